The van der Waals surface area contributed by atoms with Gasteiger partial charge in [0.25, 0.3) is 11.6 Å². The first-order chi connectivity index (χ1) is 13.3. The molecule has 1 saturated heterocycles. The normalized spacial score (nSPS) is 15.8. The molecule has 0 atom stereocenters. The lowest BCUT2D eigenvalue weighted by Gasteiger charge is -2.38. The van der Waals surface area contributed by atoms with Crippen molar-refractivity contribution in [2.45, 2.75) is 18.3 Å². The van der Waals surface area contributed by atoms with Crippen molar-refractivity contribution < 1.29 is 14.5 Å². The van der Waals surface area contributed by atoms with Gasteiger partial charge in [-0.15, -0.1) is 0 Å². The van der Waals surface area contributed by atoms with Crippen LogP contribution >= 0.6 is 23.2 Å². The largest absolute Gasteiger partial charge is 0.381 e. The second-order valence-corrected chi connectivity index (χ2v) is 7.43. The Morgan fingerprint density at radius 2 is 2.04 bits per heavy atom. The molecule has 1 fully saturated rings. The number of halogens is 2. The molecular formula is C18H18Cl2N4O4. The lowest BCUT2D eigenvalue weighted by molar-refractivity contribution is -0.385. The molecule has 148 valence electrons. The van der Waals surface area contributed by atoms with E-state index >= 15 is 0 Å². The second kappa shape index (κ2) is 8.30. The van der Waals surface area contributed by atoms with Crippen molar-refractivity contribution in [2.24, 2.45) is 5.73 Å². The van der Waals surface area contributed by atoms with Crippen molar-refractivity contribution in [1.82, 2.24) is 4.98 Å². The molecule has 3 N–H and O–H groups in total. The van der Waals surface area contributed by atoms with E-state index in [1.54, 1.807) is 12.1 Å². The maximum absolute atomic E-state index is 11.8. The number of nitrogens with one attached hydrogen (secondary N) is 1. The summed E-state index contributed by atoms with van der Waals surface area (Å²) in [5.41, 5.74) is 5.57. The van der Waals surface area contributed by atoms with E-state index in [9.17, 15) is 14.9 Å². The summed E-state index contributed by atoms with van der Waals surface area (Å²) in [6.45, 7) is 1.50. The number of carbonyl (C=O) groups excluding carboxylic acids is 1. The third kappa shape index (κ3) is 4.19. The van der Waals surface area contributed by atoms with Gasteiger partial charge in [0.2, 0.25) is 0 Å². The van der Waals surface area contributed by atoms with Crippen LogP contribution in [0, 0.1) is 10.1 Å². The van der Waals surface area contributed by atoms with Crippen LogP contribution in [0.3, 0.4) is 0 Å². The minimum atomic E-state index is -0.802. The molecule has 0 radical (unpaired) electrons. The molecular weight excluding hydrogens is 407 g/mol. The highest BCUT2D eigenvalue weighted by Crippen LogP contribution is 2.40. The van der Waals surface area contributed by atoms with Crippen molar-refractivity contribution in [2.75, 3.05) is 25.1 Å². The maximum atomic E-state index is 11.8. The SMILES string of the molecule is NC(=O)c1cc([N+](=O)[O-])cnc1NCC1(c2ccc(Cl)cc2Cl)CCOCC1. The van der Waals surface area contributed by atoms with Gasteiger partial charge in [-0.3, -0.25) is 14.9 Å². The van der Waals surface area contributed by atoms with E-state index < -0.39 is 10.8 Å². The van der Waals surface area contributed by atoms with Crippen molar-refractivity contribution in [1.29, 1.82) is 0 Å². The Hall–Kier alpha value is -2.42. The van der Waals surface area contributed by atoms with Gasteiger partial charge in [0, 0.05) is 41.3 Å². The first-order valence-corrected chi connectivity index (χ1v) is 9.29. The molecule has 0 spiro atoms. The summed E-state index contributed by atoms with van der Waals surface area (Å²) in [6.07, 6.45) is 2.47. The number of anilines is 1. The van der Waals surface area contributed by atoms with E-state index in [4.69, 9.17) is 33.7 Å². The number of carbonyl (C=O) groups is 1. The third-order valence-electron chi connectivity index (χ3n) is 4.90. The monoisotopic (exact) mass is 424 g/mol. The molecule has 0 unspecified atom stereocenters. The van der Waals surface area contributed by atoms with Gasteiger partial charge in [-0.2, -0.15) is 0 Å². The Labute approximate surface area is 171 Å². The number of pyridine rings is 1. The predicted molar refractivity (Wildman–Crippen MR) is 106 cm³/mol. The number of aromatic nitrogens is 1. The Bertz CT molecular complexity index is 916. The van der Waals surface area contributed by atoms with Crippen molar-refractivity contribution in [3.8, 4) is 0 Å². The standard InChI is InChI=1S/C18H18Cl2N4O4/c19-11-1-2-14(15(20)7-11)18(3-5-28-6-4-18)10-23-17-13(16(21)25)8-12(9-22-17)24(26)27/h1-2,7-9H,3-6,10H2,(H2,21,25)(H,22,23). The number of nitro groups is 1. The van der Waals surface area contributed by atoms with Crippen LogP contribution < -0.4 is 11.1 Å². The number of amides is 1. The number of ether oxygens (including phenoxy) is 1. The smallest absolute Gasteiger partial charge is 0.288 e. The zero-order valence-corrected chi connectivity index (χ0v) is 16.3. The fourth-order valence-electron chi connectivity index (χ4n) is 3.36. The molecule has 10 heteroatoms. The zero-order valence-electron chi connectivity index (χ0n) is 14.8. The third-order valence-corrected chi connectivity index (χ3v) is 5.44. The molecule has 2 aromatic rings. The van der Waals surface area contributed by atoms with Crippen LogP contribution in [-0.2, 0) is 10.2 Å². The van der Waals surface area contributed by atoms with Crippen LogP contribution in [0.1, 0.15) is 28.8 Å². The van der Waals surface area contributed by atoms with Gasteiger partial charge in [0.05, 0.1) is 10.5 Å². The highest BCUT2D eigenvalue weighted by molar-refractivity contribution is 6.35. The molecule has 0 bridgehead atoms. The fraction of sp³-hybridized carbons (Fsp3) is 0.333. The molecule has 1 aliphatic rings. The highest BCUT2D eigenvalue weighted by atomic mass is 35.5. The lowest BCUT2D eigenvalue weighted by atomic mass is 9.74. The summed E-state index contributed by atoms with van der Waals surface area (Å²) in [7, 11) is 0. The second-order valence-electron chi connectivity index (χ2n) is 6.58. The molecule has 1 aliphatic heterocycles. The molecule has 0 aliphatic carbocycles. The van der Waals surface area contributed by atoms with Crippen LogP contribution in [-0.4, -0.2) is 35.6 Å². The topological polar surface area (TPSA) is 120 Å². The Morgan fingerprint density at radius 3 is 2.64 bits per heavy atom. The van der Waals surface area contributed by atoms with Gasteiger partial charge in [0.15, 0.2) is 0 Å². The number of hydrogen-bond acceptors (Lipinski definition) is 6. The maximum Gasteiger partial charge on any atom is 0.288 e. The number of hydrogen-bond donors (Lipinski definition) is 2. The number of nitrogens with zero attached hydrogens (tertiary/aromatic N) is 2. The average molecular weight is 425 g/mol. The minimum absolute atomic E-state index is 0.0430. The number of nitrogens with two attached hydrogens (primary N) is 1. The van der Waals surface area contributed by atoms with Gasteiger partial charge in [-0.1, -0.05) is 29.3 Å². The summed E-state index contributed by atoms with van der Waals surface area (Å²) >= 11 is 12.5. The summed E-state index contributed by atoms with van der Waals surface area (Å²) in [5, 5.41) is 15.2. The van der Waals surface area contributed by atoms with E-state index in [1.165, 1.54) is 0 Å². The number of primary amides is 1. The van der Waals surface area contributed by atoms with Crippen molar-refractivity contribution in [3.05, 3.63) is 61.7 Å². The quantitative estimate of drug-likeness (QED) is 0.540. The Balaban J connectivity index is 1.93. The van der Waals surface area contributed by atoms with E-state index in [0.717, 1.165) is 17.8 Å². The van der Waals surface area contributed by atoms with Gasteiger partial charge < -0.3 is 15.8 Å². The van der Waals surface area contributed by atoms with Gasteiger partial charge in [-0.25, -0.2) is 4.98 Å². The van der Waals surface area contributed by atoms with Crippen LogP contribution in [0.4, 0.5) is 11.5 Å². The molecule has 8 nitrogen and oxygen atoms in total. The van der Waals surface area contributed by atoms with Crippen LogP contribution in [0.2, 0.25) is 10.0 Å². The van der Waals surface area contributed by atoms with E-state index in [0.29, 0.717) is 42.6 Å². The highest BCUT2D eigenvalue weighted by Gasteiger charge is 2.36. The summed E-state index contributed by atoms with van der Waals surface area (Å²) in [6, 6.07) is 6.47. The number of rotatable bonds is 6. The average Bonchev–Trinajstić information content (AvgIpc) is 2.66. The van der Waals surface area contributed by atoms with Gasteiger partial charge in [-0.05, 0) is 30.5 Å². The number of benzene rings is 1. The molecule has 1 aromatic heterocycles. The molecule has 0 saturated carbocycles. The predicted octanol–water partition coefficient (Wildman–Crippen LogP) is 3.56. The molecule has 28 heavy (non-hydrogen) atoms. The Kier molecular flexibility index (Phi) is 6.02. The summed E-state index contributed by atoms with van der Waals surface area (Å²) in [4.78, 5) is 26.1. The zero-order chi connectivity index (χ0) is 20.3. The summed E-state index contributed by atoms with van der Waals surface area (Å²) in [5.74, 6) is -0.613. The lowest BCUT2D eigenvalue weighted by Crippen LogP contribution is -2.40. The van der Waals surface area contributed by atoms with Crippen molar-refractivity contribution >= 4 is 40.6 Å². The van der Waals surface area contributed by atoms with Crippen LogP contribution in [0.5, 0.6) is 0 Å². The van der Waals surface area contributed by atoms with E-state index in [1.807, 2.05) is 6.07 Å². The van der Waals surface area contributed by atoms with Crippen LogP contribution in [0.25, 0.3) is 0 Å². The molecule has 1 aromatic carbocycles. The van der Waals surface area contributed by atoms with Gasteiger partial charge in [0.1, 0.15) is 12.0 Å². The minimum Gasteiger partial charge on any atom is -0.381 e. The van der Waals surface area contributed by atoms with Crippen LogP contribution in [0.15, 0.2) is 30.5 Å². The first-order valence-electron chi connectivity index (χ1n) is 8.54. The molecule has 2 heterocycles. The fourth-order valence-corrected chi connectivity index (χ4v) is 3.97. The van der Waals surface area contributed by atoms with Gasteiger partial charge >= 0.3 is 0 Å². The molecule has 3 rings (SSSR count). The Morgan fingerprint density at radius 1 is 1.32 bits per heavy atom. The summed E-state index contributed by atoms with van der Waals surface area (Å²) < 4.78 is 5.50. The first kappa shape index (κ1) is 20.3. The van der Waals surface area contributed by atoms with Crippen molar-refractivity contribution in [3.63, 3.8) is 0 Å². The molecule has 1 amide bonds. The van der Waals surface area contributed by atoms with E-state index in [-0.39, 0.29) is 22.5 Å². The van der Waals surface area contributed by atoms with E-state index in [2.05, 4.69) is 10.3 Å².